The lowest BCUT2D eigenvalue weighted by Gasteiger charge is -2.03. The van der Waals surface area contributed by atoms with Gasteiger partial charge in [-0.25, -0.2) is 9.37 Å². The average Bonchev–Trinajstić information content (AvgIpc) is 2.23. The molecular weight excluding hydrogens is 215 g/mol. The van der Waals surface area contributed by atoms with Crippen molar-refractivity contribution in [2.75, 3.05) is 5.73 Å². The van der Waals surface area contributed by atoms with Gasteiger partial charge in [0.2, 0.25) is 0 Å². The summed E-state index contributed by atoms with van der Waals surface area (Å²) in [5.41, 5.74) is 6.80. The van der Waals surface area contributed by atoms with E-state index >= 15 is 0 Å². The summed E-state index contributed by atoms with van der Waals surface area (Å²) in [6.07, 6.45) is 0. The molecule has 0 saturated heterocycles. The summed E-state index contributed by atoms with van der Waals surface area (Å²) in [5, 5.41) is 0.191. The number of hydrogen-bond donors (Lipinski definition) is 1. The van der Waals surface area contributed by atoms with Gasteiger partial charge >= 0.3 is 0 Å². The van der Waals surface area contributed by atoms with Crippen LogP contribution in [-0.2, 0) is 0 Å². The van der Waals surface area contributed by atoms with Gasteiger partial charge < -0.3 is 5.73 Å². The molecule has 2 rings (SSSR count). The topological polar surface area (TPSA) is 38.9 Å². The van der Waals surface area contributed by atoms with Crippen LogP contribution in [0.25, 0.3) is 11.3 Å². The predicted octanol–water partition coefficient (Wildman–Crippen LogP) is 3.12. The van der Waals surface area contributed by atoms with Crippen LogP contribution in [-0.4, -0.2) is 4.98 Å². The van der Waals surface area contributed by atoms with Crippen LogP contribution in [0.5, 0.6) is 0 Å². The highest BCUT2D eigenvalue weighted by molar-refractivity contribution is 6.31. The van der Waals surface area contributed by atoms with E-state index in [1.165, 1.54) is 6.07 Å². The Hall–Kier alpha value is -1.61. The van der Waals surface area contributed by atoms with Gasteiger partial charge in [-0.2, -0.15) is 0 Å². The third-order valence-corrected chi connectivity index (χ3v) is 2.33. The van der Waals surface area contributed by atoms with Gasteiger partial charge in [-0.3, -0.25) is 0 Å². The number of nitrogens with zero attached hydrogens (tertiary/aromatic N) is 1. The molecule has 0 radical (unpaired) electrons. The van der Waals surface area contributed by atoms with Crippen molar-refractivity contribution in [3.8, 4) is 11.3 Å². The second-order valence-electron chi connectivity index (χ2n) is 3.06. The van der Waals surface area contributed by atoms with Crippen LogP contribution < -0.4 is 5.73 Å². The summed E-state index contributed by atoms with van der Waals surface area (Å²) in [7, 11) is 0. The zero-order valence-electron chi connectivity index (χ0n) is 7.74. The zero-order valence-corrected chi connectivity index (χ0v) is 8.50. The van der Waals surface area contributed by atoms with Gasteiger partial charge in [-0.15, -0.1) is 0 Å². The van der Waals surface area contributed by atoms with E-state index in [2.05, 4.69) is 4.98 Å². The van der Waals surface area contributed by atoms with Crippen LogP contribution in [0, 0.1) is 5.82 Å². The van der Waals surface area contributed by atoms with Crippen LogP contribution in [0.1, 0.15) is 0 Å². The Morgan fingerprint density at radius 1 is 1.13 bits per heavy atom. The van der Waals surface area contributed by atoms with Crippen molar-refractivity contribution in [1.82, 2.24) is 4.98 Å². The molecule has 76 valence electrons. The number of halogens is 2. The van der Waals surface area contributed by atoms with Crippen molar-refractivity contribution < 1.29 is 4.39 Å². The summed E-state index contributed by atoms with van der Waals surface area (Å²) in [6, 6.07) is 9.63. The fraction of sp³-hybridized carbons (Fsp3) is 0. The highest BCUT2D eigenvalue weighted by atomic mass is 35.5. The minimum atomic E-state index is -0.328. The Morgan fingerprint density at radius 2 is 1.87 bits per heavy atom. The molecule has 0 aliphatic heterocycles. The molecule has 4 heteroatoms. The summed E-state index contributed by atoms with van der Waals surface area (Å²) < 4.78 is 13.4. The van der Waals surface area contributed by atoms with Crippen LogP contribution in [0.4, 0.5) is 10.1 Å². The average molecular weight is 223 g/mol. The molecule has 0 spiro atoms. The van der Waals surface area contributed by atoms with Crippen LogP contribution in [0.15, 0.2) is 36.4 Å². The number of nitrogens with two attached hydrogens (primary N) is 1. The van der Waals surface area contributed by atoms with Crippen LogP contribution >= 0.6 is 11.6 Å². The first-order chi connectivity index (χ1) is 7.18. The first-order valence-corrected chi connectivity index (χ1v) is 4.73. The highest BCUT2D eigenvalue weighted by Crippen LogP contribution is 2.24. The molecule has 0 aliphatic rings. The van der Waals surface area contributed by atoms with Crippen molar-refractivity contribution in [3.63, 3.8) is 0 Å². The molecule has 1 aromatic heterocycles. The molecule has 0 saturated carbocycles. The smallest absolute Gasteiger partial charge is 0.152 e. The second kappa shape index (κ2) is 3.87. The number of nitrogen functional groups attached to an aromatic ring is 1. The Balaban J connectivity index is 2.55. The molecule has 0 atom stereocenters. The van der Waals surface area contributed by atoms with Crippen LogP contribution in [0.3, 0.4) is 0 Å². The van der Waals surface area contributed by atoms with E-state index in [1.807, 2.05) is 0 Å². The van der Waals surface area contributed by atoms with Crippen molar-refractivity contribution in [1.29, 1.82) is 0 Å². The van der Waals surface area contributed by atoms with E-state index < -0.39 is 0 Å². The van der Waals surface area contributed by atoms with Crippen molar-refractivity contribution >= 4 is 17.3 Å². The lowest BCUT2D eigenvalue weighted by Crippen LogP contribution is -1.92. The van der Waals surface area contributed by atoms with Gasteiger partial charge in [-0.1, -0.05) is 23.7 Å². The maximum Gasteiger partial charge on any atom is 0.152 e. The number of benzene rings is 1. The van der Waals surface area contributed by atoms with Gasteiger partial charge in [0.25, 0.3) is 0 Å². The van der Waals surface area contributed by atoms with Gasteiger partial charge in [0.15, 0.2) is 5.15 Å². The summed E-state index contributed by atoms with van der Waals surface area (Å²) in [4.78, 5) is 4.00. The Kier molecular flexibility index (Phi) is 2.56. The minimum Gasteiger partial charge on any atom is -0.396 e. The first-order valence-electron chi connectivity index (χ1n) is 4.35. The summed E-state index contributed by atoms with van der Waals surface area (Å²) in [6.45, 7) is 0. The molecule has 1 heterocycles. The third kappa shape index (κ3) is 1.92. The zero-order chi connectivity index (χ0) is 10.8. The molecule has 2 nitrogen and oxygen atoms in total. The number of rotatable bonds is 1. The third-order valence-electron chi connectivity index (χ3n) is 2.03. The number of pyridine rings is 1. The van der Waals surface area contributed by atoms with E-state index in [9.17, 15) is 4.39 Å². The highest BCUT2D eigenvalue weighted by Gasteiger charge is 2.06. The van der Waals surface area contributed by atoms with Gasteiger partial charge in [0, 0.05) is 5.56 Å². The lowest BCUT2D eigenvalue weighted by atomic mass is 10.1. The maximum atomic E-state index is 13.4. The lowest BCUT2D eigenvalue weighted by molar-refractivity contribution is 0.631. The molecule has 0 aliphatic carbocycles. The molecule has 2 aromatic rings. The Bertz CT molecular complexity index is 500. The standard InChI is InChI=1S/C11H8ClFN2/c12-11-9(14)5-6-10(15-11)7-3-1-2-4-8(7)13/h1-6H,14H2. The van der Waals surface area contributed by atoms with Gasteiger partial charge in [0.1, 0.15) is 5.82 Å². The molecule has 2 N–H and O–H groups in total. The minimum absolute atomic E-state index is 0.191. The maximum absolute atomic E-state index is 13.4. The SMILES string of the molecule is Nc1ccc(-c2ccccc2F)nc1Cl. The van der Waals surface area contributed by atoms with E-state index in [0.29, 0.717) is 16.9 Å². The first kappa shape index (κ1) is 9.93. The van der Waals surface area contributed by atoms with Crippen molar-refractivity contribution in [2.45, 2.75) is 0 Å². The molecule has 0 fully saturated rings. The molecule has 15 heavy (non-hydrogen) atoms. The van der Waals surface area contributed by atoms with E-state index in [4.69, 9.17) is 17.3 Å². The van der Waals surface area contributed by atoms with Gasteiger partial charge in [0.05, 0.1) is 11.4 Å². The number of hydrogen-bond acceptors (Lipinski definition) is 2. The van der Waals surface area contributed by atoms with Crippen molar-refractivity contribution in [2.24, 2.45) is 0 Å². The molecule has 0 unspecified atom stereocenters. The molecule has 1 aromatic carbocycles. The summed E-state index contributed by atoms with van der Waals surface area (Å²) in [5.74, 6) is -0.328. The Morgan fingerprint density at radius 3 is 2.53 bits per heavy atom. The normalized spacial score (nSPS) is 10.3. The van der Waals surface area contributed by atoms with E-state index in [-0.39, 0.29) is 11.0 Å². The van der Waals surface area contributed by atoms with Crippen LogP contribution in [0.2, 0.25) is 5.15 Å². The molecular formula is C11H8ClFN2. The summed E-state index contributed by atoms with van der Waals surface area (Å²) >= 11 is 5.76. The van der Waals surface area contributed by atoms with E-state index in [0.717, 1.165) is 0 Å². The van der Waals surface area contributed by atoms with E-state index in [1.54, 1.807) is 30.3 Å². The predicted molar refractivity (Wildman–Crippen MR) is 59.1 cm³/mol. The quantitative estimate of drug-likeness (QED) is 0.753. The Labute approximate surface area is 91.5 Å². The fourth-order valence-electron chi connectivity index (χ4n) is 1.26. The molecule has 0 bridgehead atoms. The molecule has 0 amide bonds. The monoisotopic (exact) mass is 222 g/mol. The van der Waals surface area contributed by atoms with Crippen molar-refractivity contribution in [3.05, 3.63) is 47.4 Å². The number of anilines is 1. The largest absolute Gasteiger partial charge is 0.396 e. The number of aromatic nitrogens is 1. The van der Waals surface area contributed by atoms with Gasteiger partial charge in [-0.05, 0) is 24.3 Å². The fourth-order valence-corrected chi connectivity index (χ4v) is 1.42. The second-order valence-corrected chi connectivity index (χ2v) is 3.41.